The first-order chi connectivity index (χ1) is 8.08. The molecule has 98 valence electrons. The second-order valence-corrected chi connectivity index (χ2v) is 4.41. The summed E-state index contributed by atoms with van der Waals surface area (Å²) in [6.45, 7) is 5.92. The summed E-state index contributed by atoms with van der Waals surface area (Å²) in [6.07, 6.45) is 0.806. The Balaban J connectivity index is 2.35. The van der Waals surface area contributed by atoms with Crippen LogP contribution >= 0.6 is 0 Å². The van der Waals surface area contributed by atoms with Gasteiger partial charge in [0, 0.05) is 38.1 Å². The first-order valence-electron chi connectivity index (χ1n) is 6.11. The van der Waals surface area contributed by atoms with Gasteiger partial charge in [0.25, 0.3) is 0 Å². The predicted molar refractivity (Wildman–Crippen MR) is 65.4 cm³/mol. The Hall–Kier alpha value is -1.30. The van der Waals surface area contributed by atoms with E-state index in [2.05, 4.69) is 10.6 Å². The molecule has 2 unspecified atom stereocenters. The van der Waals surface area contributed by atoms with E-state index in [-0.39, 0.29) is 23.9 Å². The van der Waals surface area contributed by atoms with Crippen molar-refractivity contribution in [1.29, 1.82) is 0 Å². The van der Waals surface area contributed by atoms with Crippen molar-refractivity contribution in [3.05, 3.63) is 0 Å². The number of carbonyl (C=O) groups excluding carboxylic acids is 2. The number of amides is 3. The van der Waals surface area contributed by atoms with Crippen molar-refractivity contribution in [2.75, 3.05) is 26.2 Å². The number of hydrogen-bond donors (Lipinski definition) is 3. The summed E-state index contributed by atoms with van der Waals surface area (Å²) < 4.78 is 0. The minimum absolute atomic E-state index is 0.0322. The van der Waals surface area contributed by atoms with Gasteiger partial charge < -0.3 is 21.3 Å². The highest BCUT2D eigenvalue weighted by atomic mass is 16.2. The zero-order valence-electron chi connectivity index (χ0n) is 10.5. The van der Waals surface area contributed by atoms with Crippen LogP contribution in [0.1, 0.15) is 20.3 Å². The zero-order valence-corrected chi connectivity index (χ0v) is 10.5. The molecule has 1 heterocycles. The van der Waals surface area contributed by atoms with E-state index in [1.807, 2.05) is 6.92 Å². The fraction of sp³-hybridized carbons (Fsp3) is 0.818. The van der Waals surface area contributed by atoms with Crippen LogP contribution in [0, 0.1) is 5.92 Å². The summed E-state index contributed by atoms with van der Waals surface area (Å²) >= 11 is 0. The lowest BCUT2D eigenvalue weighted by Gasteiger charge is -2.18. The van der Waals surface area contributed by atoms with Gasteiger partial charge in [-0.2, -0.15) is 0 Å². The maximum atomic E-state index is 11.6. The van der Waals surface area contributed by atoms with Gasteiger partial charge in [0.15, 0.2) is 0 Å². The highest BCUT2D eigenvalue weighted by Gasteiger charge is 2.27. The zero-order chi connectivity index (χ0) is 12.8. The molecule has 0 aromatic rings. The van der Waals surface area contributed by atoms with Gasteiger partial charge in [0.2, 0.25) is 5.91 Å². The molecule has 0 radical (unpaired) electrons. The molecule has 4 N–H and O–H groups in total. The average Bonchev–Trinajstić information content (AvgIpc) is 2.76. The molecule has 0 spiro atoms. The summed E-state index contributed by atoms with van der Waals surface area (Å²) in [5.41, 5.74) is 5.43. The highest BCUT2D eigenvalue weighted by molar-refractivity contribution is 5.79. The van der Waals surface area contributed by atoms with Crippen LogP contribution in [0.25, 0.3) is 0 Å². The number of likely N-dealkylation sites (tertiary alicyclic amines) is 1. The number of rotatable bonds is 4. The Kier molecular flexibility index (Phi) is 5.21. The fourth-order valence-corrected chi connectivity index (χ4v) is 1.78. The van der Waals surface area contributed by atoms with Gasteiger partial charge in [-0.15, -0.1) is 0 Å². The molecule has 0 aliphatic carbocycles. The Bertz CT molecular complexity index is 283. The lowest BCUT2D eigenvalue weighted by molar-refractivity contribution is -0.124. The summed E-state index contributed by atoms with van der Waals surface area (Å²) in [5.74, 6) is -0.205. The number of carbonyl (C=O) groups is 2. The van der Waals surface area contributed by atoms with E-state index >= 15 is 0 Å². The van der Waals surface area contributed by atoms with Crippen LogP contribution in [0.3, 0.4) is 0 Å². The summed E-state index contributed by atoms with van der Waals surface area (Å²) in [4.78, 5) is 24.9. The summed E-state index contributed by atoms with van der Waals surface area (Å²) in [5, 5.41) is 5.67. The molecule has 3 amide bonds. The molecule has 1 fully saturated rings. The topological polar surface area (TPSA) is 87.5 Å². The van der Waals surface area contributed by atoms with Crippen molar-refractivity contribution in [2.45, 2.75) is 26.3 Å². The molecule has 6 heteroatoms. The lowest BCUT2D eigenvalue weighted by atomic mass is 10.1. The summed E-state index contributed by atoms with van der Waals surface area (Å²) in [6, 6.07) is -0.00442. The van der Waals surface area contributed by atoms with Crippen molar-refractivity contribution >= 4 is 11.9 Å². The molecule has 6 nitrogen and oxygen atoms in total. The smallest absolute Gasteiger partial charge is 0.317 e. The number of nitrogens with one attached hydrogen (secondary N) is 2. The lowest BCUT2D eigenvalue weighted by Crippen LogP contribution is -2.44. The molecule has 0 bridgehead atoms. The van der Waals surface area contributed by atoms with Crippen LogP contribution in [0.4, 0.5) is 4.79 Å². The number of hydrogen-bond acceptors (Lipinski definition) is 3. The Morgan fingerprint density at radius 3 is 2.82 bits per heavy atom. The van der Waals surface area contributed by atoms with Crippen molar-refractivity contribution in [2.24, 2.45) is 11.7 Å². The molecule has 1 saturated heterocycles. The van der Waals surface area contributed by atoms with E-state index in [0.717, 1.165) is 6.42 Å². The predicted octanol–water partition coefficient (Wildman–Crippen LogP) is -0.499. The van der Waals surface area contributed by atoms with Crippen LogP contribution in [-0.4, -0.2) is 49.1 Å². The standard InChI is InChI=1S/C11H22N4O2/c1-3-13-11(17)15-5-4-9(7-15)14-10(16)8(2)6-12/h8-9H,3-7,12H2,1-2H3,(H,13,17)(H,14,16). The Morgan fingerprint density at radius 2 is 2.24 bits per heavy atom. The molecule has 1 aliphatic rings. The molecule has 17 heavy (non-hydrogen) atoms. The largest absolute Gasteiger partial charge is 0.351 e. The highest BCUT2D eigenvalue weighted by Crippen LogP contribution is 2.09. The minimum atomic E-state index is -0.173. The van der Waals surface area contributed by atoms with Gasteiger partial charge in [-0.1, -0.05) is 6.92 Å². The van der Waals surface area contributed by atoms with Crippen molar-refractivity contribution in [3.63, 3.8) is 0 Å². The molecule has 0 saturated carbocycles. The SMILES string of the molecule is CCNC(=O)N1CCC(NC(=O)C(C)CN)C1. The van der Waals surface area contributed by atoms with Crippen LogP contribution in [0.15, 0.2) is 0 Å². The van der Waals surface area contributed by atoms with Crippen LogP contribution < -0.4 is 16.4 Å². The van der Waals surface area contributed by atoms with Crippen molar-refractivity contribution < 1.29 is 9.59 Å². The second kappa shape index (κ2) is 6.44. The third-order valence-corrected chi connectivity index (χ3v) is 2.95. The number of nitrogens with zero attached hydrogens (tertiary/aromatic N) is 1. The van der Waals surface area contributed by atoms with Crippen LogP contribution in [0.2, 0.25) is 0 Å². The molecule has 1 aliphatic heterocycles. The number of urea groups is 1. The quantitative estimate of drug-likeness (QED) is 0.621. The van der Waals surface area contributed by atoms with Crippen molar-refractivity contribution in [3.8, 4) is 0 Å². The monoisotopic (exact) mass is 242 g/mol. The van der Waals surface area contributed by atoms with Gasteiger partial charge in [-0.05, 0) is 13.3 Å². The first kappa shape index (κ1) is 13.8. The van der Waals surface area contributed by atoms with Crippen LogP contribution in [0.5, 0.6) is 0 Å². The normalized spacial score (nSPS) is 21.1. The van der Waals surface area contributed by atoms with Gasteiger partial charge in [0.05, 0.1) is 0 Å². The first-order valence-corrected chi connectivity index (χ1v) is 6.11. The molecule has 0 aromatic carbocycles. The third-order valence-electron chi connectivity index (χ3n) is 2.95. The molecule has 1 rings (SSSR count). The number of nitrogens with two attached hydrogens (primary N) is 1. The Morgan fingerprint density at radius 1 is 1.53 bits per heavy atom. The van der Waals surface area contributed by atoms with Gasteiger partial charge in [0.1, 0.15) is 0 Å². The van der Waals surface area contributed by atoms with E-state index in [0.29, 0.717) is 26.2 Å². The van der Waals surface area contributed by atoms with Crippen molar-refractivity contribution in [1.82, 2.24) is 15.5 Å². The maximum absolute atomic E-state index is 11.6. The van der Waals surface area contributed by atoms with Gasteiger partial charge in [-0.25, -0.2) is 4.79 Å². The Labute approximate surface area is 102 Å². The van der Waals surface area contributed by atoms with E-state index in [1.54, 1.807) is 11.8 Å². The third kappa shape index (κ3) is 3.89. The minimum Gasteiger partial charge on any atom is -0.351 e. The molecule has 0 aromatic heterocycles. The van der Waals surface area contributed by atoms with E-state index in [1.165, 1.54) is 0 Å². The fourth-order valence-electron chi connectivity index (χ4n) is 1.78. The van der Waals surface area contributed by atoms with Crippen LogP contribution in [-0.2, 0) is 4.79 Å². The molecular weight excluding hydrogens is 220 g/mol. The average molecular weight is 242 g/mol. The summed E-state index contributed by atoms with van der Waals surface area (Å²) in [7, 11) is 0. The second-order valence-electron chi connectivity index (χ2n) is 4.41. The molecular formula is C11H22N4O2. The maximum Gasteiger partial charge on any atom is 0.317 e. The van der Waals surface area contributed by atoms with Gasteiger partial charge >= 0.3 is 6.03 Å². The van der Waals surface area contributed by atoms with Gasteiger partial charge in [-0.3, -0.25) is 4.79 Å². The van der Waals surface area contributed by atoms with E-state index in [9.17, 15) is 9.59 Å². The molecule has 2 atom stereocenters. The van der Waals surface area contributed by atoms with E-state index in [4.69, 9.17) is 5.73 Å². The van der Waals surface area contributed by atoms with E-state index < -0.39 is 0 Å².